The molecule has 0 bridgehead atoms. The van der Waals surface area contributed by atoms with Crippen molar-refractivity contribution in [3.8, 4) is 0 Å². The Balaban J connectivity index is 1.43. The molecule has 0 spiro atoms. The summed E-state index contributed by atoms with van der Waals surface area (Å²) in [5, 5.41) is 4.13. The van der Waals surface area contributed by atoms with Crippen molar-refractivity contribution in [3.05, 3.63) is 82.0 Å². The van der Waals surface area contributed by atoms with Gasteiger partial charge in [-0.15, -0.1) is 0 Å². The number of benzene rings is 2. The molecule has 0 radical (unpaired) electrons. The van der Waals surface area contributed by atoms with Crippen LogP contribution in [0.1, 0.15) is 22.4 Å². The number of aromatic nitrogens is 2. The maximum Gasteiger partial charge on any atom is 0.224 e. The van der Waals surface area contributed by atoms with Gasteiger partial charge in [0.15, 0.2) is 0 Å². The number of aryl methyl sites for hydroxylation is 1. The van der Waals surface area contributed by atoms with E-state index in [0.29, 0.717) is 5.95 Å². The summed E-state index contributed by atoms with van der Waals surface area (Å²) in [4.78, 5) is 11.6. The van der Waals surface area contributed by atoms with E-state index in [4.69, 9.17) is 16.6 Å². The van der Waals surface area contributed by atoms with E-state index in [2.05, 4.69) is 57.7 Å². The molecule has 0 fully saturated rings. The standard InChI is InChI=1S/C22H23ClN4/c1-16-14-21(27-13-11-18-4-2-3-5-19(18)15-27)26-22(25-16)24-12-10-17-6-8-20(23)9-7-17/h2-9,14H,10-13,15H2,1H3,(H,24,25,26). The fourth-order valence-electron chi connectivity index (χ4n) is 3.45. The molecule has 27 heavy (non-hydrogen) atoms. The van der Waals surface area contributed by atoms with Gasteiger partial charge in [-0.1, -0.05) is 48.0 Å². The lowest BCUT2D eigenvalue weighted by atomic mass is 10.00. The van der Waals surface area contributed by atoms with E-state index in [0.717, 1.165) is 49.0 Å². The SMILES string of the molecule is Cc1cc(N2CCc3ccccc3C2)nc(NCCc2ccc(Cl)cc2)n1. The predicted molar refractivity (Wildman–Crippen MR) is 112 cm³/mol. The minimum Gasteiger partial charge on any atom is -0.354 e. The van der Waals surface area contributed by atoms with Gasteiger partial charge in [0.2, 0.25) is 5.95 Å². The first-order valence-corrected chi connectivity index (χ1v) is 9.71. The van der Waals surface area contributed by atoms with Crippen LogP contribution in [0.25, 0.3) is 0 Å². The van der Waals surface area contributed by atoms with Crippen molar-refractivity contribution in [2.75, 3.05) is 23.3 Å². The lowest BCUT2D eigenvalue weighted by Crippen LogP contribution is -2.31. The molecular weight excluding hydrogens is 356 g/mol. The number of anilines is 2. The van der Waals surface area contributed by atoms with Crippen LogP contribution in [0.15, 0.2) is 54.6 Å². The Morgan fingerprint density at radius 3 is 2.63 bits per heavy atom. The molecule has 4 rings (SSSR count). The Kier molecular flexibility index (Phi) is 5.26. The van der Waals surface area contributed by atoms with Gasteiger partial charge in [0.05, 0.1) is 0 Å². The highest BCUT2D eigenvalue weighted by Gasteiger charge is 2.18. The Morgan fingerprint density at radius 2 is 1.81 bits per heavy atom. The normalized spacial score (nSPS) is 13.3. The van der Waals surface area contributed by atoms with E-state index in [1.807, 2.05) is 19.1 Å². The largest absolute Gasteiger partial charge is 0.354 e. The number of hydrogen-bond acceptors (Lipinski definition) is 4. The maximum atomic E-state index is 5.94. The Hall–Kier alpha value is -2.59. The number of nitrogens with zero attached hydrogens (tertiary/aromatic N) is 3. The molecule has 138 valence electrons. The average Bonchev–Trinajstić information content (AvgIpc) is 2.69. The summed E-state index contributed by atoms with van der Waals surface area (Å²) in [6.07, 6.45) is 1.96. The number of hydrogen-bond donors (Lipinski definition) is 1. The maximum absolute atomic E-state index is 5.94. The second-order valence-electron chi connectivity index (χ2n) is 6.93. The summed E-state index contributed by atoms with van der Waals surface area (Å²) in [5.41, 5.74) is 5.05. The molecule has 0 atom stereocenters. The number of halogens is 1. The highest BCUT2D eigenvalue weighted by atomic mass is 35.5. The molecular formula is C22H23ClN4. The lowest BCUT2D eigenvalue weighted by Gasteiger charge is -2.30. The Labute approximate surface area is 165 Å². The molecule has 3 aromatic rings. The van der Waals surface area contributed by atoms with Crippen molar-refractivity contribution in [2.24, 2.45) is 0 Å². The number of fused-ring (bicyclic) bond motifs is 1. The summed E-state index contributed by atoms with van der Waals surface area (Å²) >= 11 is 5.94. The zero-order valence-corrected chi connectivity index (χ0v) is 16.2. The first-order valence-electron chi connectivity index (χ1n) is 9.33. The molecule has 1 aromatic heterocycles. The molecule has 0 amide bonds. The molecule has 2 aromatic carbocycles. The van der Waals surface area contributed by atoms with Gasteiger partial charge in [-0.3, -0.25) is 0 Å². The summed E-state index contributed by atoms with van der Waals surface area (Å²) in [5.74, 6) is 1.68. The van der Waals surface area contributed by atoms with E-state index >= 15 is 0 Å². The topological polar surface area (TPSA) is 41.1 Å². The van der Waals surface area contributed by atoms with Gasteiger partial charge < -0.3 is 10.2 Å². The molecule has 0 aliphatic carbocycles. The molecule has 2 heterocycles. The van der Waals surface area contributed by atoms with Gasteiger partial charge in [-0.25, -0.2) is 4.98 Å². The van der Waals surface area contributed by atoms with E-state index in [9.17, 15) is 0 Å². The van der Waals surface area contributed by atoms with Crippen LogP contribution >= 0.6 is 11.6 Å². The quantitative estimate of drug-likeness (QED) is 0.701. The molecule has 1 aliphatic heterocycles. The summed E-state index contributed by atoms with van der Waals surface area (Å²) in [7, 11) is 0. The van der Waals surface area contributed by atoms with Crippen LogP contribution in [0.2, 0.25) is 5.02 Å². The van der Waals surface area contributed by atoms with Gasteiger partial charge >= 0.3 is 0 Å². The Morgan fingerprint density at radius 1 is 1.04 bits per heavy atom. The van der Waals surface area contributed by atoms with Gasteiger partial charge in [-0.05, 0) is 48.6 Å². The minimum atomic E-state index is 0.692. The van der Waals surface area contributed by atoms with Crippen LogP contribution in [0.5, 0.6) is 0 Å². The van der Waals surface area contributed by atoms with Gasteiger partial charge in [0.1, 0.15) is 5.82 Å². The van der Waals surface area contributed by atoms with Crippen molar-refractivity contribution in [1.82, 2.24) is 9.97 Å². The molecule has 0 saturated carbocycles. The number of rotatable bonds is 5. The zero-order valence-electron chi connectivity index (χ0n) is 15.5. The third-order valence-corrected chi connectivity index (χ3v) is 5.16. The lowest BCUT2D eigenvalue weighted by molar-refractivity contribution is 0.718. The summed E-state index contributed by atoms with van der Waals surface area (Å²) in [6, 6.07) is 18.7. The highest BCUT2D eigenvalue weighted by molar-refractivity contribution is 6.30. The second kappa shape index (κ2) is 7.97. The third kappa shape index (κ3) is 4.40. The predicted octanol–water partition coefficient (Wildman–Crippen LogP) is 4.66. The average molecular weight is 379 g/mol. The monoisotopic (exact) mass is 378 g/mol. The first kappa shape index (κ1) is 17.8. The van der Waals surface area contributed by atoms with Crippen molar-refractivity contribution in [3.63, 3.8) is 0 Å². The van der Waals surface area contributed by atoms with Crippen molar-refractivity contribution in [1.29, 1.82) is 0 Å². The molecule has 0 unspecified atom stereocenters. The second-order valence-corrected chi connectivity index (χ2v) is 7.37. The molecule has 5 heteroatoms. The highest BCUT2D eigenvalue weighted by Crippen LogP contribution is 2.24. The first-order chi connectivity index (χ1) is 13.2. The van der Waals surface area contributed by atoms with Crippen LogP contribution in [-0.2, 0) is 19.4 Å². The molecule has 1 aliphatic rings. The van der Waals surface area contributed by atoms with Crippen LogP contribution in [0.4, 0.5) is 11.8 Å². The van der Waals surface area contributed by atoms with E-state index in [-0.39, 0.29) is 0 Å². The van der Waals surface area contributed by atoms with Crippen LogP contribution in [-0.4, -0.2) is 23.1 Å². The minimum absolute atomic E-state index is 0.692. The Bertz CT molecular complexity index is 924. The van der Waals surface area contributed by atoms with Crippen molar-refractivity contribution < 1.29 is 0 Å². The van der Waals surface area contributed by atoms with Crippen LogP contribution < -0.4 is 10.2 Å². The summed E-state index contributed by atoms with van der Waals surface area (Å²) in [6.45, 7) is 4.69. The smallest absolute Gasteiger partial charge is 0.224 e. The van der Waals surface area contributed by atoms with Gasteiger partial charge in [-0.2, -0.15) is 4.98 Å². The molecule has 4 nitrogen and oxygen atoms in total. The fourth-order valence-corrected chi connectivity index (χ4v) is 3.58. The van der Waals surface area contributed by atoms with E-state index < -0.39 is 0 Å². The van der Waals surface area contributed by atoms with E-state index in [1.54, 1.807) is 0 Å². The third-order valence-electron chi connectivity index (χ3n) is 4.91. The van der Waals surface area contributed by atoms with E-state index in [1.165, 1.54) is 16.7 Å². The fraction of sp³-hybridized carbons (Fsp3) is 0.273. The summed E-state index contributed by atoms with van der Waals surface area (Å²) < 4.78 is 0. The van der Waals surface area contributed by atoms with Gasteiger partial charge in [0.25, 0.3) is 0 Å². The van der Waals surface area contributed by atoms with Crippen molar-refractivity contribution in [2.45, 2.75) is 26.3 Å². The van der Waals surface area contributed by atoms with Crippen molar-refractivity contribution >= 4 is 23.4 Å². The van der Waals surface area contributed by atoms with Gasteiger partial charge in [0, 0.05) is 36.4 Å². The zero-order chi connectivity index (χ0) is 18.6. The molecule has 0 saturated heterocycles. The molecule has 1 N–H and O–H groups in total. The van der Waals surface area contributed by atoms with Crippen LogP contribution in [0, 0.1) is 6.92 Å². The van der Waals surface area contributed by atoms with Crippen LogP contribution in [0.3, 0.4) is 0 Å². The number of nitrogens with one attached hydrogen (secondary N) is 1.